The average Bonchev–Trinajstić information content (AvgIpc) is 1.98. The molecular formula is C10H17NO4S. The molecule has 0 spiro atoms. The summed E-state index contributed by atoms with van der Waals surface area (Å²) < 4.78 is 27.1. The molecule has 2 N–H and O–H groups in total. The molecule has 0 saturated carbocycles. The molecular weight excluding hydrogens is 230 g/mol. The van der Waals surface area contributed by atoms with E-state index < -0.39 is 22.5 Å². The van der Waals surface area contributed by atoms with Gasteiger partial charge in [-0.25, -0.2) is 0 Å². The van der Waals surface area contributed by atoms with Gasteiger partial charge in [0.25, 0.3) is 10.1 Å². The predicted molar refractivity (Wildman–Crippen MR) is 61.9 cm³/mol. The molecule has 5 nitrogen and oxygen atoms in total. The van der Waals surface area contributed by atoms with Gasteiger partial charge >= 0.3 is 0 Å². The third-order valence-electron chi connectivity index (χ3n) is 1.58. The van der Waals surface area contributed by atoms with Crippen molar-refractivity contribution in [2.45, 2.75) is 20.8 Å². The van der Waals surface area contributed by atoms with Crippen LogP contribution < -0.4 is 0 Å². The Kier molecular flexibility index (Phi) is 6.17. The van der Waals surface area contributed by atoms with Gasteiger partial charge in [0.05, 0.1) is 12.4 Å². The van der Waals surface area contributed by atoms with E-state index in [0.717, 1.165) is 11.4 Å². The summed E-state index contributed by atoms with van der Waals surface area (Å²) in [5.74, 6) is -0.576. The summed E-state index contributed by atoms with van der Waals surface area (Å²) in [6.45, 7) is 5.58. The van der Waals surface area contributed by atoms with Crippen molar-refractivity contribution in [3.05, 3.63) is 29.1 Å². The van der Waals surface area contributed by atoms with Crippen molar-refractivity contribution in [3.8, 4) is 0 Å². The monoisotopic (exact) mass is 247 g/mol. The van der Waals surface area contributed by atoms with Crippen LogP contribution in [0.25, 0.3) is 0 Å². The molecule has 1 rings (SSSR count). The molecule has 0 bridgehead atoms. The molecule has 1 aromatic heterocycles. The van der Waals surface area contributed by atoms with E-state index in [9.17, 15) is 8.42 Å². The van der Waals surface area contributed by atoms with Crippen molar-refractivity contribution >= 4 is 10.1 Å². The van der Waals surface area contributed by atoms with Crippen molar-refractivity contribution in [1.29, 1.82) is 0 Å². The van der Waals surface area contributed by atoms with Crippen molar-refractivity contribution in [2.75, 3.05) is 12.4 Å². The fourth-order valence-electron chi connectivity index (χ4n) is 1.16. The number of rotatable bonds is 2. The van der Waals surface area contributed by atoms with Crippen LogP contribution in [0.3, 0.4) is 0 Å². The van der Waals surface area contributed by atoms with E-state index >= 15 is 0 Å². The number of aromatic nitrogens is 1. The van der Waals surface area contributed by atoms with E-state index in [1.807, 2.05) is 13.8 Å². The lowest BCUT2D eigenvalue weighted by molar-refractivity contribution is 0.315. The molecule has 1 aromatic rings. The van der Waals surface area contributed by atoms with Crippen LogP contribution in [0.5, 0.6) is 0 Å². The summed E-state index contributed by atoms with van der Waals surface area (Å²) in [6, 6.07) is 4.15. The van der Waals surface area contributed by atoms with Crippen LogP contribution in [0.15, 0.2) is 12.1 Å². The first-order valence-electron chi connectivity index (χ1n) is 4.72. The quantitative estimate of drug-likeness (QED) is 0.757. The average molecular weight is 247 g/mol. The Morgan fingerprint density at radius 1 is 1.19 bits per heavy atom. The van der Waals surface area contributed by atoms with Gasteiger partial charge in [-0.15, -0.1) is 0 Å². The second-order valence-electron chi connectivity index (χ2n) is 3.44. The first kappa shape index (κ1) is 15.0. The van der Waals surface area contributed by atoms with E-state index in [1.54, 1.807) is 0 Å². The SMILES string of the molecule is Cc1cc(C)nc(C)c1.O=S(=O)(O)CCO. The van der Waals surface area contributed by atoms with E-state index in [4.69, 9.17) is 9.66 Å². The Bertz CT molecular complexity index is 378. The fraction of sp³-hybridized carbons (Fsp3) is 0.500. The van der Waals surface area contributed by atoms with Crippen molar-refractivity contribution < 1.29 is 18.1 Å². The lowest BCUT2D eigenvalue weighted by Gasteiger charge is -1.96. The number of aliphatic hydroxyl groups excluding tert-OH is 1. The molecule has 0 aromatic carbocycles. The van der Waals surface area contributed by atoms with Crippen LogP contribution >= 0.6 is 0 Å². The van der Waals surface area contributed by atoms with Crippen LogP contribution in [0.1, 0.15) is 17.0 Å². The molecule has 0 aliphatic heterocycles. The smallest absolute Gasteiger partial charge is 0.267 e. The minimum atomic E-state index is -3.92. The standard InChI is InChI=1S/C8H11N.C2H6O4S/c1-6-4-7(2)9-8(3)5-6;3-1-2-7(4,5)6/h4-5H,1-3H3;3H,1-2H2,(H,4,5,6). The number of aliphatic hydroxyl groups is 1. The number of hydrogen-bond acceptors (Lipinski definition) is 4. The van der Waals surface area contributed by atoms with Crippen LogP contribution in [0, 0.1) is 20.8 Å². The molecule has 0 unspecified atom stereocenters. The van der Waals surface area contributed by atoms with Crippen molar-refractivity contribution in [2.24, 2.45) is 0 Å². The number of nitrogens with zero attached hydrogens (tertiary/aromatic N) is 1. The molecule has 0 saturated heterocycles. The highest BCUT2D eigenvalue weighted by Gasteiger charge is 1.99. The first-order valence-corrected chi connectivity index (χ1v) is 6.33. The molecule has 0 atom stereocenters. The Balaban J connectivity index is 0.000000293. The van der Waals surface area contributed by atoms with E-state index in [1.165, 1.54) is 5.56 Å². The zero-order valence-electron chi connectivity index (χ0n) is 9.64. The maximum absolute atomic E-state index is 9.63. The number of aryl methyl sites for hydroxylation is 3. The Morgan fingerprint density at radius 2 is 1.62 bits per heavy atom. The summed E-state index contributed by atoms with van der Waals surface area (Å²) in [5.41, 5.74) is 3.50. The summed E-state index contributed by atoms with van der Waals surface area (Å²) in [4.78, 5) is 4.23. The topological polar surface area (TPSA) is 87.5 Å². The van der Waals surface area contributed by atoms with E-state index in [2.05, 4.69) is 24.0 Å². The van der Waals surface area contributed by atoms with Gasteiger partial charge in [-0.1, -0.05) is 0 Å². The fourth-order valence-corrected chi connectivity index (χ4v) is 1.39. The lowest BCUT2D eigenvalue weighted by atomic mass is 10.2. The minimum absolute atomic E-state index is 0.529. The Hall–Kier alpha value is -0.980. The van der Waals surface area contributed by atoms with Crippen LogP contribution in [-0.4, -0.2) is 35.4 Å². The van der Waals surface area contributed by atoms with Gasteiger partial charge in [-0.3, -0.25) is 9.54 Å². The van der Waals surface area contributed by atoms with Gasteiger partial charge in [0, 0.05) is 11.4 Å². The highest BCUT2D eigenvalue weighted by Crippen LogP contribution is 2.01. The largest absolute Gasteiger partial charge is 0.395 e. The molecule has 0 amide bonds. The molecule has 0 aliphatic rings. The highest BCUT2D eigenvalue weighted by atomic mass is 32.2. The summed E-state index contributed by atoms with van der Waals surface area (Å²) >= 11 is 0. The number of hydrogen-bond donors (Lipinski definition) is 2. The van der Waals surface area contributed by atoms with Crippen LogP contribution in [0.2, 0.25) is 0 Å². The summed E-state index contributed by atoms with van der Waals surface area (Å²) in [5, 5.41) is 7.86. The van der Waals surface area contributed by atoms with Gasteiger partial charge in [0.2, 0.25) is 0 Å². The second kappa shape index (κ2) is 6.57. The van der Waals surface area contributed by atoms with Gasteiger partial charge in [0.15, 0.2) is 0 Å². The van der Waals surface area contributed by atoms with E-state index in [0.29, 0.717) is 0 Å². The molecule has 6 heteroatoms. The molecule has 0 fully saturated rings. The Morgan fingerprint density at radius 3 is 1.81 bits per heavy atom. The Labute approximate surface area is 95.9 Å². The van der Waals surface area contributed by atoms with Crippen molar-refractivity contribution in [3.63, 3.8) is 0 Å². The van der Waals surface area contributed by atoms with Crippen molar-refractivity contribution in [1.82, 2.24) is 4.98 Å². The maximum Gasteiger partial charge on any atom is 0.267 e. The molecule has 1 heterocycles. The summed E-state index contributed by atoms with van der Waals surface area (Å²) in [6.07, 6.45) is 0. The third kappa shape index (κ3) is 8.34. The number of pyridine rings is 1. The van der Waals surface area contributed by atoms with Gasteiger partial charge in [0.1, 0.15) is 0 Å². The minimum Gasteiger partial charge on any atom is -0.395 e. The van der Waals surface area contributed by atoms with Gasteiger partial charge in [-0.05, 0) is 38.5 Å². The second-order valence-corrected chi connectivity index (χ2v) is 5.01. The van der Waals surface area contributed by atoms with Crippen LogP contribution in [0.4, 0.5) is 0 Å². The highest BCUT2D eigenvalue weighted by molar-refractivity contribution is 7.85. The molecule has 16 heavy (non-hydrogen) atoms. The molecule has 92 valence electrons. The predicted octanol–water partition coefficient (Wildman–Crippen LogP) is 0.873. The normalized spacial score (nSPS) is 10.6. The molecule has 0 aliphatic carbocycles. The van der Waals surface area contributed by atoms with Gasteiger partial charge in [-0.2, -0.15) is 8.42 Å². The van der Waals surface area contributed by atoms with Crippen LogP contribution in [-0.2, 0) is 10.1 Å². The third-order valence-corrected chi connectivity index (χ3v) is 2.27. The lowest BCUT2D eigenvalue weighted by Crippen LogP contribution is -2.06. The maximum atomic E-state index is 9.63. The molecule has 0 radical (unpaired) electrons. The van der Waals surface area contributed by atoms with E-state index in [-0.39, 0.29) is 0 Å². The summed E-state index contributed by atoms with van der Waals surface area (Å²) in [7, 11) is -3.92. The van der Waals surface area contributed by atoms with Gasteiger partial charge < -0.3 is 5.11 Å². The zero-order chi connectivity index (χ0) is 12.8. The zero-order valence-corrected chi connectivity index (χ0v) is 10.5. The first-order chi connectivity index (χ1) is 7.24.